The number of esters is 1. The van der Waals surface area contributed by atoms with Gasteiger partial charge in [0.1, 0.15) is 5.82 Å². The number of fused-ring (bicyclic) bond motifs is 3. The maximum atomic E-state index is 14.7. The molecule has 4 rings (SSSR count). The fourth-order valence-electron chi connectivity index (χ4n) is 4.50. The number of aromatic nitrogens is 1. The largest absolute Gasteiger partial charge is 0.469 e. The van der Waals surface area contributed by atoms with Gasteiger partial charge in [0.15, 0.2) is 0 Å². The number of hydrogen-bond donors (Lipinski definition) is 0. The van der Waals surface area contributed by atoms with E-state index >= 15 is 0 Å². The molecule has 1 aliphatic rings. The second kappa shape index (κ2) is 9.23. The van der Waals surface area contributed by atoms with Crippen LogP contribution in [0.3, 0.4) is 0 Å². The van der Waals surface area contributed by atoms with Crippen LogP contribution in [0.2, 0.25) is 5.02 Å². The van der Waals surface area contributed by atoms with Gasteiger partial charge in [-0.1, -0.05) is 30.3 Å². The van der Waals surface area contributed by atoms with Gasteiger partial charge in [-0.05, 0) is 54.8 Å². The minimum Gasteiger partial charge on any atom is -0.469 e. The highest BCUT2D eigenvalue weighted by Gasteiger charge is 2.33. The smallest absolute Gasteiger partial charge is 0.306 e. The molecule has 0 spiro atoms. The lowest BCUT2D eigenvalue weighted by Crippen LogP contribution is -2.07. The molecule has 0 bridgehead atoms. The first-order valence-corrected chi connectivity index (χ1v) is 11.5. The Balaban J connectivity index is 1.95. The van der Waals surface area contributed by atoms with Gasteiger partial charge in [-0.2, -0.15) is 0 Å². The standard InChI is InChI=1S/C24H25ClFNO3S/c1-4-20(29-2)18-12-16(26)13-19-22(18)24(31-17-7-5-15(25)6-8-17)23-14(9-10-27(19)23)11-21(28)30-3/h5-8,12-14,20H,4,9-11H2,1-3H3. The number of carbonyl (C=O) groups is 1. The zero-order chi connectivity index (χ0) is 22.1. The highest BCUT2D eigenvalue weighted by Crippen LogP contribution is 2.49. The molecule has 4 nitrogen and oxygen atoms in total. The van der Waals surface area contributed by atoms with Gasteiger partial charge < -0.3 is 14.0 Å². The summed E-state index contributed by atoms with van der Waals surface area (Å²) in [6, 6.07) is 10.8. The van der Waals surface area contributed by atoms with Crippen LogP contribution in [0.25, 0.3) is 10.9 Å². The molecule has 0 N–H and O–H groups in total. The molecular formula is C24H25ClFNO3S. The Morgan fingerprint density at radius 1 is 1.29 bits per heavy atom. The Labute approximate surface area is 190 Å². The number of halogens is 2. The third-order valence-electron chi connectivity index (χ3n) is 5.92. The third kappa shape index (κ3) is 4.21. The zero-order valence-electron chi connectivity index (χ0n) is 17.8. The molecule has 0 aliphatic carbocycles. The maximum absolute atomic E-state index is 14.7. The van der Waals surface area contributed by atoms with E-state index in [1.807, 2.05) is 31.2 Å². The summed E-state index contributed by atoms with van der Waals surface area (Å²) in [4.78, 5) is 14.2. The molecule has 2 unspecified atom stereocenters. The van der Waals surface area contributed by atoms with Crippen molar-refractivity contribution in [2.75, 3.05) is 14.2 Å². The Morgan fingerprint density at radius 3 is 2.68 bits per heavy atom. The second-order valence-electron chi connectivity index (χ2n) is 7.71. The monoisotopic (exact) mass is 461 g/mol. The van der Waals surface area contributed by atoms with Gasteiger partial charge in [-0.3, -0.25) is 4.79 Å². The van der Waals surface area contributed by atoms with Gasteiger partial charge in [0.05, 0.1) is 25.2 Å². The van der Waals surface area contributed by atoms with E-state index in [2.05, 4.69) is 4.57 Å². The lowest BCUT2D eigenvalue weighted by Gasteiger charge is -2.17. The minimum absolute atomic E-state index is 0.0215. The van der Waals surface area contributed by atoms with E-state index in [1.54, 1.807) is 31.0 Å². The van der Waals surface area contributed by atoms with Crippen molar-refractivity contribution in [2.45, 2.75) is 54.5 Å². The molecule has 0 saturated heterocycles. The number of aryl methyl sites for hydroxylation is 1. The van der Waals surface area contributed by atoms with Gasteiger partial charge in [0.2, 0.25) is 0 Å². The molecule has 2 aromatic carbocycles. The van der Waals surface area contributed by atoms with Crippen molar-refractivity contribution in [3.8, 4) is 0 Å². The van der Waals surface area contributed by atoms with Crippen LogP contribution in [0.1, 0.15) is 49.5 Å². The van der Waals surface area contributed by atoms with Crippen LogP contribution in [0.15, 0.2) is 46.2 Å². The molecule has 2 atom stereocenters. The van der Waals surface area contributed by atoms with Crippen LogP contribution < -0.4 is 0 Å². The van der Waals surface area contributed by atoms with Crippen molar-refractivity contribution in [1.82, 2.24) is 4.57 Å². The average molecular weight is 462 g/mol. The molecule has 1 aliphatic heterocycles. The quantitative estimate of drug-likeness (QED) is 0.365. The Bertz CT molecular complexity index is 1110. The number of ether oxygens (including phenoxy) is 2. The molecule has 2 heterocycles. The minimum atomic E-state index is -0.280. The van der Waals surface area contributed by atoms with E-state index < -0.39 is 0 Å². The van der Waals surface area contributed by atoms with E-state index in [0.29, 0.717) is 11.4 Å². The zero-order valence-corrected chi connectivity index (χ0v) is 19.4. The molecule has 0 amide bonds. The van der Waals surface area contributed by atoms with E-state index in [1.165, 1.54) is 7.11 Å². The summed E-state index contributed by atoms with van der Waals surface area (Å²) in [5, 5.41) is 1.67. The summed E-state index contributed by atoms with van der Waals surface area (Å²) in [5.74, 6) is -0.494. The van der Waals surface area contributed by atoms with Crippen LogP contribution in [-0.4, -0.2) is 24.8 Å². The summed E-state index contributed by atoms with van der Waals surface area (Å²) >= 11 is 7.70. The van der Waals surface area contributed by atoms with Crippen molar-refractivity contribution in [3.05, 3.63) is 58.5 Å². The number of carbonyl (C=O) groups excluding carboxylic acids is 1. The van der Waals surface area contributed by atoms with Gasteiger partial charge in [-0.15, -0.1) is 0 Å². The first kappa shape index (κ1) is 22.2. The van der Waals surface area contributed by atoms with Crippen molar-refractivity contribution in [2.24, 2.45) is 0 Å². The fraction of sp³-hybridized carbons (Fsp3) is 0.375. The van der Waals surface area contributed by atoms with Crippen LogP contribution in [0.5, 0.6) is 0 Å². The van der Waals surface area contributed by atoms with Crippen LogP contribution >= 0.6 is 23.4 Å². The van der Waals surface area contributed by atoms with E-state index in [4.69, 9.17) is 21.1 Å². The summed E-state index contributed by atoms with van der Waals surface area (Å²) < 4.78 is 27.5. The molecule has 31 heavy (non-hydrogen) atoms. The van der Waals surface area contributed by atoms with E-state index in [0.717, 1.165) is 51.3 Å². The lowest BCUT2D eigenvalue weighted by atomic mass is 9.97. The SMILES string of the molecule is CCC(OC)c1cc(F)cc2c1c(Sc1ccc(Cl)cc1)c1n2CCC1CC(=O)OC. The molecule has 7 heteroatoms. The van der Waals surface area contributed by atoms with Crippen LogP contribution in [0.4, 0.5) is 4.39 Å². The second-order valence-corrected chi connectivity index (χ2v) is 9.23. The predicted octanol–water partition coefficient (Wildman–Crippen LogP) is 6.73. The first-order chi connectivity index (χ1) is 15.0. The molecule has 0 fully saturated rings. The molecule has 0 radical (unpaired) electrons. The van der Waals surface area contributed by atoms with Crippen molar-refractivity contribution >= 4 is 40.2 Å². The normalized spacial score (nSPS) is 16.5. The highest BCUT2D eigenvalue weighted by atomic mass is 35.5. The summed E-state index contributed by atoms with van der Waals surface area (Å²) in [5.41, 5.74) is 2.76. The third-order valence-corrected chi connectivity index (χ3v) is 7.30. The van der Waals surface area contributed by atoms with E-state index in [9.17, 15) is 9.18 Å². The predicted molar refractivity (Wildman–Crippen MR) is 122 cm³/mol. The van der Waals surface area contributed by atoms with Gasteiger partial charge >= 0.3 is 5.97 Å². The fourth-order valence-corrected chi connectivity index (χ4v) is 5.84. The van der Waals surface area contributed by atoms with Crippen LogP contribution in [-0.2, 0) is 20.8 Å². The number of hydrogen-bond acceptors (Lipinski definition) is 4. The molecule has 164 valence electrons. The van der Waals surface area contributed by atoms with Crippen molar-refractivity contribution in [3.63, 3.8) is 0 Å². The summed E-state index contributed by atoms with van der Waals surface area (Å²) in [6.07, 6.45) is 1.64. The van der Waals surface area contributed by atoms with Gasteiger partial charge in [0, 0.05) is 45.5 Å². The maximum Gasteiger partial charge on any atom is 0.306 e. The molecule has 3 aromatic rings. The Hall–Kier alpha value is -2.02. The topological polar surface area (TPSA) is 40.5 Å². The first-order valence-electron chi connectivity index (χ1n) is 10.3. The number of rotatable bonds is 7. The summed E-state index contributed by atoms with van der Waals surface area (Å²) in [7, 11) is 3.06. The average Bonchev–Trinajstić information content (AvgIpc) is 3.30. The molecular weight excluding hydrogens is 437 g/mol. The van der Waals surface area contributed by atoms with Gasteiger partial charge in [0.25, 0.3) is 0 Å². The lowest BCUT2D eigenvalue weighted by molar-refractivity contribution is -0.141. The van der Waals surface area contributed by atoms with Crippen molar-refractivity contribution < 1.29 is 18.7 Å². The van der Waals surface area contributed by atoms with Crippen molar-refractivity contribution in [1.29, 1.82) is 0 Å². The number of methoxy groups -OCH3 is 2. The molecule has 1 aromatic heterocycles. The Kier molecular flexibility index (Phi) is 6.60. The number of nitrogens with zero attached hydrogens (tertiary/aromatic N) is 1. The molecule has 0 saturated carbocycles. The Morgan fingerprint density at radius 2 is 2.03 bits per heavy atom. The highest BCUT2D eigenvalue weighted by molar-refractivity contribution is 7.99. The number of benzene rings is 2. The van der Waals surface area contributed by atoms with Crippen LogP contribution in [0, 0.1) is 5.82 Å². The van der Waals surface area contributed by atoms with E-state index in [-0.39, 0.29) is 23.8 Å². The van der Waals surface area contributed by atoms with Gasteiger partial charge in [-0.25, -0.2) is 4.39 Å². The summed E-state index contributed by atoms with van der Waals surface area (Å²) in [6.45, 7) is 2.77.